The number of pyridine rings is 1. The molecule has 1 aromatic rings. The number of hydrogen-bond acceptors (Lipinski definition) is 2. The first kappa shape index (κ1) is 16.0. The van der Waals surface area contributed by atoms with Gasteiger partial charge in [0, 0.05) is 24.4 Å². The van der Waals surface area contributed by atoms with E-state index in [2.05, 4.69) is 10.3 Å². The van der Waals surface area contributed by atoms with E-state index in [1.54, 1.807) is 6.20 Å². The van der Waals surface area contributed by atoms with Gasteiger partial charge >= 0.3 is 6.18 Å². The third kappa shape index (κ3) is 6.57. The lowest BCUT2D eigenvalue weighted by Gasteiger charge is -2.19. The molecule has 1 aromatic heterocycles. The summed E-state index contributed by atoms with van der Waals surface area (Å²) in [5.41, 5.74) is 1.80. The van der Waals surface area contributed by atoms with Crippen molar-refractivity contribution in [2.45, 2.75) is 51.7 Å². The van der Waals surface area contributed by atoms with Crippen LogP contribution in [0.2, 0.25) is 0 Å². The lowest BCUT2D eigenvalue weighted by atomic mass is 10.1. The molecule has 5 heteroatoms. The second kappa shape index (κ2) is 7.48. The average molecular weight is 274 g/mol. The van der Waals surface area contributed by atoms with E-state index in [9.17, 15) is 13.2 Å². The van der Waals surface area contributed by atoms with Crippen molar-refractivity contribution >= 4 is 0 Å². The second-order valence-electron chi connectivity index (χ2n) is 4.69. The number of rotatable bonds is 7. The van der Waals surface area contributed by atoms with Gasteiger partial charge in [-0.25, -0.2) is 0 Å². The minimum Gasteiger partial charge on any atom is -0.313 e. The van der Waals surface area contributed by atoms with E-state index in [4.69, 9.17) is 0 Å². The van der Waals surface area contributed by atoms with Gasteiger partial charge in [0.25, 0.3) is 0 Å². The van der Waals surface area contributed by atoms with Gasteiger partial charge in [0.2, 0.25) is 0 Å². The predicted octanol–water partition coefficient (Wildman–Crippen LogP) is 3.51. The summed E-state index contributed by atoms with van der Waals surface area (Å²) in [4.78, 5) is 4.22. The zero-order valence-electron chi connectivity index (χ0n) is 11.4. The Labute approximate surface area is 112 Å². The van der Waals surface area contributed by atoms with Crippen LogP contribution >= 0.6 is 0 Å². The topological polar surface area (TPSA) is 24.9 Å². The SMILES string of the molecule is CCCNC(Cc1ccc(CC)cn1)CC(F)(F)F. The Bertz CT molecular complexity index is 360. The fraction of sp³-hybridized carbons (Fsp3) is 0.643. The lowest BCUT2D eigenvalue weighted by molar-refractivity contribution is -0.139. The van der Waals surface area contributed by atoms with Crippen molar-refractivity contribution in [1.82, 2.24) is 10.3 Å². The van der Waals surface area contributed by atoms with E-state index in [0.29, 0.717) is 18.7 Å². The van der Waals surface area contributed by atoms with Crippen LogP contribution in [0.4, 0.5) is 13.2 Å². The van der Waals surface area contributed by atoms with Crippen molar-refractivity contribution in [1.29, 1.82) is 0 Å². The predicted molar refractivity (Wildman–Crippen MR) is 70.1 cm³/mol. The van der Waals surface area contributed by atoms with E-state index in [0.717, 1.165) is 18.4 Å². The molecule has 0 saturated carbocycles. The molecule has 0 fully saturated rings. The molecule has 0 aliphatic rings. The van der Waals surface area contributed by atoms with Crippen LogP contribution in [0.5, 0.6) is 0 Å². The zero-order valence-corrected chi connectivity index (χ0v) is 11.4. The Morgan fingerprint density at radius 1 is 1.26 bits per heavy atom. The first-order chi connectivity index (χ1) is 8.94. The van der Waals surface area contributed by atoms with Crippen molar-refractivity contribution < 1.29 is 13.2 Å². The molecule has 19 heavy (non-hydrogen) atoms. The molecule has 0 aliphatic carbocycles. The number of aromatic nitrogens is 1. The average Bonchev–Trinajstić information content (AvgIpc) is 2.35. The molecule has 0 radical (unpaired) electrons. The minimum atomic E-state index is -4.14. The van der Waals surface area contributed by atoms with Crippen molar-refractivity contribution in [3.8, 4) is 0 Å². The summed E-state index contributed by atoms with van der Waals surface area (Å²) in [6, 6.07) is 3.14. The highest BCUT2D eigenvalue weighted by atomic mass is 19.4. The van der Waals surface area contributed by atoms with E-state index in [1.807, 2.05) is 26.0 Å². The summed E-state index contributed by atoms with van der Waals surface area (Å²) in [5, 5.41) is 2.94. The van der Waals surface area contributed by atoms with Gasteiger partial charge in [-0.2, -0.15) is 13.2 Å². The molecule has 1 heterocycles. The molecular formula is C14H21F3N2. The van der Waals surface area contributed by atoms with Crippen molar-refractivity contribution in [2.24, 2.45) is 0 Å². The Hall–Kier alpha value is -1.10. The fourth-order valence-corrected chi connectivity index (χ4v) is 1.88. The molecule has 1 atom stereocenters. The molecule has 1 N–H and O–H groups in total. The standard InChI is InChI=1S/C14H21F3N2/c1-3-7-18-13(9-14(15,16)17)8-12-6-5-11(4-2)10-19-12/h5-6,10,13,18H,3-4,7-9H2,1-2H3. The molecule has 1 unspecified atom stereocenters. The summed E-state index contributed by atoms with van der Waals surface area (Å²) >= 11 is 0. The van der Waals surface area contributed by atoms with Crippen LogP contribution < -0.4 is 5.32 Å². The highest BCUT2D eigenvalue weighted by Gasteiger charge is 2.31. The number of hydrogen-bond donors (Lipinski definition) is 1. The monoisotopic (exact) mass is 274 g/mol. The van der Waals surface area contributed by atoms with E-state index in [-0.39, 0.29) is 0 Å². The Morgan fingerprint density at radius 3 is 2.47 bits per heavy atom. The molecule has 0 amide bonds. The van der Waals surface area contributed by atoms with Gasteiger partial charge < -0.3 is 5.32 Å². The maximum absolute atomic E-state index is 12.5. The minimum absolute atomic E-state index is 0.309. The molecule has 0 aliphatic heterocycles. The third-order valence-corrected chi connectivity index (χ3v) is 2.91. The number of alkyl halides is 3. The fourth-order valence-electron chi connectivity index (χ4n) is 1.88. The van der Waals surface area contributed by atoms with Gasteiger partial charge in [-0.1, -0.05) is 19.9 Å². The maximum Gasteiger partial charge on any atom is 0.390 e. The Morgan fingerprint density at radius 2 is 2.00 bits per heavy atom. The molecule has 2 nitrogen and oxygen atoms in total. The van der Waals surface area contributed by atoms with Crippen molar-refractivity contribution in [2.75, 3.05) is 6.54 Å². The summed E-state index contributed by atoms with van der Waals surface area (Å²) in [6.45, 7) is 4.55. The molecule has 108 valence electrons. The van der Waals surface area contributed by atoms with Crippen LogP contribution in [-0.4, -0.2) is 23.7 Å². The Balaban J connectivity index is 2.63. The lowest BCUT2D eigenvalue weighted by Crippen LogP contribution is -2.36. The number of halogens is 3. The smallest absolute Gasteiger partial charge is 0.313 e. The van der Waals surface area contributed by atoms with E-state index >= 15 is 0 Å². The quantitative estimate of drug-likeness (QED) is 0.823. The van der Waals surface area contributed by atoms with Crippen LogP contribution in [0.15, 0.2) is 18.3 Å². The molecule has 0 spiro atoms. The van der Waals surface area contributed by atoms with Gasteiger partial charge in [-0.15, -0.1) is 0 Å². The second-order valence-corrected chi connectivity index (χ2v) is 4.69. The maximum atomic E-state index is 12.5. The van der Waals surface area contributed by atoms with Crippen molar-refractivity contribution in [3.63, 3.8) is 0 Å². The molecular weight excluding hydrogens is 253 g/mol. The largest absolute Gasteiger partial charge is 0.390 e. The summed E-state index contributed by atoms with van der Waals surface area (Å²) in [5.74, 6) is 0. The van der Waals surface area contributed by atoms with Crippen LogP contribution in [0.25, 0.3) is 0 Å². The molecule has 0 saturated heterocycles. The number of aryl methyl sites for hydroxylation is 1. The van der Waals surface area contributed by atoms with Crippen LogP contribution in [0, 0.1) is 0 Å². The van der Waals surface area contributed by atoms with Gasteiger partial charge in [-0.05, 0) is 31.0 Å². The van der Waals surface area contributed by atoms with Crippen molar-refractivity contribution in [3.05, 3.63) is 29.6 Å². The van der Waals surface area contributed by atoms with Gasteiger partial charge in [0.1, 0.15) is 0 Å². The highest BCUT2D eigenvalue weighted by molar-refractivity contribution is 5.14. The van der Waals surface area contributed by atoms with Crippen LogP contribution in [-0.2, 0) is 12.8 Å². The zero-order chi connectivity index (χ0) is 14.3. The van der Waals surface area contributed by atoms with Crippen LogP contribution in [0.3, 0.4) is 0 Å². The third-order valence-electron chi connectivity index (χ3n) is 2.91. The van der Waals surface area contributed by atoms with E-state index in [1.165, 1.54) is 0 Å². The van der Waals surface area contributed by atoms with Gasteiger partial charge in [0.05, 0.1) is 6.42 Å². The number of nitrogens with zero attached hydrogens (tertiary/aromatic N) is 1. The van der Waals surface area contributed by atoms with Gasteiger partial charge in [0.15, 0.2) is 0 Å². The van der Waals surface area contributed by atoms with Gasteiger partial charge in [-0.3, -0.25) is 4.98 Å². The summed E-state index contributed by atoms with van der Waals surface area (Å²) < 4.78 is 37.5. The Kier molecular flexibility index (Phi) is 6.28. The molecule has 1 rings (SSSR count). The molecule has 0 bridgehead atoms. The normalized spacial score (nSPS) is 13.5. The summed E-state index contributed by atoms with van der Waals surface area (Å²) in [7, 11) is 0. The van der Waals surface area contributed by atoms with Crippen LogP contribution in [0.1, 0.15) is 37.9 Å². The summed E-state index contributed by atoms with van der Waals surface area (Å²) in [6.07, 6.45) is -1.22. The molecule has 0 aromatic carbocycles. The first-order valence-electron chi connectivity index (χ1n) is 6.68. The number of nitrogens with one attached hydrogen (secondary N) is 1. The van der Waals surface area contributed by atoms with E-state index < -0.39 is 18.6 Å². The first-order valence-corrected chi connectivity index (χ1v) is 6.68. The highest BCUT2D eigenvalue weighted by Crippen LogP contribution is 2.23.